The molecule has 1 amide bonds. The zero-order valence-corrected chi connectivity index (χ0v) is 9.57. The fraction of sp³-hybridized carbons (Fsp3) is 0.364. The Morgan fingerprint density at radius 2 is 2.31 bits per heavy atom. The molecular formula is C11H12ClNO3. The number of methoxy groups -OCH3 is 1. The number of carbonyl (C=O) groups excluding carboxylic acids is 1. The molecule has 1 atom stereocenters. The molecule has 0 aliphatic carbocycles. The maximum atomic E-state index is 11.6. The minimum atomic E-state index is -0.888. The summed E-state index contributed by atoms with van der Waals surface area (Å²) in [5.41, 5.74) is 0.687. The summed E-state index contributed by atoms with van der Waals surface area (Å²) in [5.74, 6) is 0.291. The average Bonchev–Trinajstić information content (AvgIpc) is 2.60. The highest BCUT2D eigenvalue weighted by Crippen LogP contribution is 2.30. The van der Waals surface area contributed by atoms with E-state index >= 15 is 0 Å². The van der Waals surface area contributed by atoms with E-state index in [1.807, 2.05) is 0 Å². The van der Waals surface area contributed by atoms with Crippen LogP contribution >= 0.6 is 11.6 Å². The number of amides is 1. The van der Waals surface area contributed by atoms with E-state index < -0.39 is 6.10 Å². The first kappa shape index (κ1) is 11.2. The van der Waals surface area contributed by atoms with Crippen LogP contribution in [-0.4, -0.2) is 30.8 Å². The molecule has 1 aromatic rings. The molecule has 4 nitrogen and oxygen atoms in total. The van der Waals surface area contributed by atoms with Crippen LogP contribution in [0, 0.1) is 0 Å². The van der Waals surface area contributed by atoms with Crippen LogP contribution in [-0.2, 0) is 4.79 Å². The van der Waals surface area contributed by atoms with Gasteiger partial charge in [0.1, 0.15) is 11.9 Å². The number of aliphatic hydroxyl groups is 1. The summed E-state index contributed by atoms with van der Waals surface area (Å²) in [6.07, 6.45) is -0.427. The van der Waals surface area contributed by atoms with E-state index in [2.05, 4.69) is 0 Å². The summed E-state index contributed by atoms with van der Waals surface area (Å²) in [7, 11) is 1.53. The number of halogens is 1. The Morgan fingerprint density at radius 3 is 2.81 bits per heavy atom. The Labute approximate surface area is 98.4 Å². The minimum Gasteiger partial charge on any atom is -0.495 e. The van der Waals surface area contributed by atoms with E-state index in [1.165, 1.54) is 12.0 Å². The lowest BCUT2D eigenvalue weighted by molar-refractivity contribution is -0.123. The molecule has 1 heterocycles. The van der Waals surface area contributed by atoms with Crippen LogP contribution in [0.15, 0.2) is 18.2 Å². The van der Waals surface area contributed by atoms with E-state index in [4.69, 9.17) is 16.3 Å². The monoisotopic (exact) mass is 241 g/mol. The van der Waals surface area contributed by atoms with E-state index in [1.54, 1.807) is 18.2 Å². The normalized spacial score (nSPS) is 20.3. The van der Waals surface area contributed by atoms with Gasteiger partial charge in [0.05, 0.1) is 12.1 Å². The number of hydrogen-bond acceptors (Lipinski definition) is 3. The average molecular weight is 242 g/mol. The van der Waals surface area contributed by atoms with Crippen molar-refractivity contribution in [3.05, 3.63) is 23.2 Å². The number of benzene rings is 1. The molecule has 0 radical (unpaired) electrons. The van der Waals surface area contributed by atoms with Gasteiger partial charge in [-0.1, -0.05) is 11.6 Å². The van der Waals surface area contributed by atoms with Gasteiger partial charge in [-0.3, -0.25) is 4.79 Å². The summed E-state index contributed by atoms with van der Waals surface area (Å²) in [4.78, 5) is 13.1. The van der Waals surface area contributed by atoms with Crippen LogP contribution in [0.4, 0.5) is 5.69 Å². The van der Waals surface area contributed by atoms with Crippen molar-refractivity contribution in [2.45, 2.75) is 12.5 Å². The van der Waals surface area contributed by atoms with Gasteiger partial charge in [0.2, 0.25) is 0 Å². The van der Waals surface area contributed by atoms with Crippen molar-refractivity contribution in [2.75, 3.05) is 18.6 Å². The largest absolute Gasteiger partial charge is 0.495 e. The highest BCUT2D eigenvalue weighted by Gasteiger charge is 2.30. The van der Waals surface area contributed by atoms with Crippen molar-refractivity contribution < 1.29 is 14.6 Å². The van der Waals surface area contributed by atoms with Crippen molar-refractivity contribution in [1.82, 2.24) is 0 Å². The second-order valence-electron chi connectivity index (χ2n) is 3.61. The molecule has 5 heteroatoms. The molecule has 1 unspecified atom stereocenters. The van der Waals surface area contributed by atoms with E-state index in [-0.39, 0.29) is 5.91 Å². The summed E-state index contributed by atoms with van der Waals surface area (Å²) in [6.45, 7) is 0.517. The first-order chi connectivity index (χ1) is 7.63. The van der Waals surface area contributed by atoms with Crippen LogP contribution in [0.3, 0.4) is 0 Å². The minimum absolute atomic E-state index is 0.277. The summed E-state index contributed by atoms with van der Waals surface area (Å²) < 4.78 is 5.03. The maximum Gasteiger partial charge on any atom is 0.255 e. The maximum absolute atomic E-state index is 11.6. The topological polar surface area (TPSA) is 49.8 Å². The number of aliphatic hydroxyl groups excluding tert-OH is 1. The molecule has 1 aliphatic rings. The van der Waals surface area contributed by atoms with Crippen molar-refractivity contribution >= 4 is 23.2 Å². The molecular weight excluding hydrogens is 230 g/mol. The molecule has 1 saturated heterocycles. The molecule has 0 saturated carbocycles. The Hall–Kier alpha value is -1.26. The Balaban J connectivity index is 2.28. The lowest BCUT2D eigenvalue weighted by Crippen LogP contribution is -2.28. The highest BCUT2D eigenvalue weighted by atomic mass is 35.5. The molecule has 1 N–H and O–H groups in total. The second kappa shape index (κ2) is 4.31. The molecule has 86 valence electrons. The predicted octanol–water partition coefficient (Wildman–Crippen LogP) is 1.45. The fourth-order valence-electron chi connectivity index (χ4n) is 1.74. The molecule has 0 spiro atoms. The molecule has 16 heavy (non-hydrogen) atoms. The molecule has 1 aliphatic heterocycles. The fourth-order valence-corrected chi connectivity index (χ4v) is 2.00. The number of hydrogen-bond donors (Lipinski definition) is 1. The number of ether oxygens (including phenoxy) is 1. The van der Waals surface area contributed by atoms with Gasteiger partial charge in [0.25, 0.3) is 5.91 Å². The van der Waals surface area contributed by atoms with Gasteiger partial charge >= 0.3 is 0 Å². The first-order valence-electron chi connectivity index (χ1n) is 4.96. The van der Waals surface area contributed by atoms with Crippen LogP contribution in [0.5, 0.6) is 5.75 Å². The van der Waals surface area contributed by atoms with Gasteiger partial charge in [0, 0.05) is 18.7 Å². The Kier molecular flexibility index (Phi) is 3.03. The summed E-state index contributed by atoms with van der Waals surface area (Å²) >= 11 is 5.97. The summed E-state index contributed by atoms with van der Waals surface area (Å²) in [5, 5.41) is 9.80. The Morgan fingerprint density at radius 1 is 1.56 bits per heavy atom. The van der Waals surface area contributed by atoms with Crippen LogP contribution in [0.2, 0.25) is 5.02 Å². The van der Waals surface area contributed by atoms with Crippen LogP contribution < -0.4 is 9.64 Å². The zero-order valence-electron chi connectivity index (χ0n) is 8.81. The van der Waals surface area contributed by atoms with Crippen LogP contribution in [0.1, 0.15) is 6.42 Å². The summed E-state index contributed by atoms with van der Waals surface area (Å²) in [6, 6.07) is 5.12. The third kappa shape index (κ3) is 1.86. The van der Waals surface area contributed by atoms with Gasteiger partial charge in [0.15, 0.2) is 0 Å². The van der Waals surface area contributed by atoms with Crippen molar-refractivity contribution in [3.8, 4) is 5.75 Å². The van der Waals surface area contributed by atoms with E-state index in [0.717, 1.165) is 0 Å². The number of rotatable bonds is 2. The van der Waals surface area contributed by atoms with E-state index in [9.17, 15) is 9.90 Å². The predicted molar refractivity (Wildman–Crippen MR) is 61.0 cm³/mol. The van der Waals surface area contributed by atoms with Gasteiger partial charge in [-0.15, -0.1) is 0 Å². The second-order valence-corrected chi connectivity index (χ2v) is 4.02. The zero-order chi connectivity index (χ0) is 11.7. The molecule has 1 fully saturated rings. The van der Waals surface area contributed by atoms with Gasteiger partial charge in [-0.2, -0.15) is 0 Å². The smallest absolute Gasteiger partial charge is 0.255 e. The van der Waals surface area contributed by atoms with Gasteiger partial charge < -0.3 is 14.7 Å². The third-order valence-electron chi connectivity index (χ3n) is 2.62. The first-order valence-corrected chi connectivity index (χ1v) is 5.34. The SMILES string of the molecule is COc1ccc(N2CCC(O)C2=O)cc1Cl. The quantitative estimate of drug-likeness (QED) is 0.853. The molecule has 0 bridgehead atoms. The highest BCUT2D eigenvalue weighted by molar-refractivity contribution is 6.32. The molecule has 1 aromatic carbocycles. The number of carbonyl (C=O) groups is 1. The standard InChI is InChI=1S/C11H12ClNO3/c1-16-10-3-2-7(6-8(10)12)13-5-4-9(14)11(13)15/h2-3,6,9,14H,4-5H2,1H3. The Bertz CT molecular complexity index is 422. The van der Waals surface area contributed by atoms with Crippen LogP contribution in [0.25, 0.3) is 0 Å². The lowest BCUT2D eigenvalue weighted by atomic mass is 10.2. The van der Waals surface area contributed by atoms with Gasteiger partial charge in [-0.25, -0.2) is 0 Å². The third-order valence-corrected chi connectivity index (χ3v) is 2.92. The molecule has 2 rings (SSSR count). The molecule has 0 aromatic heterocycles. The van der Waals surface area contributed by atoms with Gasteiger partial charge in [-0.05, 0) is 18.2 Å². The van der Waals surface area contributed by atoms with Crippen molar-refractivity contribution in [2.24, 2.45) is 0 Å². The number of nitrogens with zero attached hydrogens (tertiary/aromatic N) is 1. The van der Waals surface area contributed by atoms with Crippen molar-refractivity contribution in [1.29, 1.82) is 0 Å². The van der Waals surface area contributed by atoms with Crippen molar-refractivity contribution in [3.63, 3.8) is 0 Å². The number of anilines is 1. The lowest BCUT2D eigenvalue weighted by Gasteiger charge is -2.16. The van der Waals surface area contributed by atoms with E-state index in [0.29, 0.717) is 29.4 Å².